The number of rotatable bonds is 9. The van der Waals surface area contributed by atoms with Crippen LogP contribution in [0.1, 0.15) is 51.2 Å². The fourth-order valence-corrected chi connectivity index (χ4v) is 5.34. The van der Waals surface area contributed by atoms with Crippen LogP contribution in [0, 0.1) is 31.3 Å². The average molecular weight is 640 g/mol. The van der Waals surface area contributed by atoms with Crippen molar-refractivity contribution >= 4 is 22.8 Å². The molecular formula is C33H27F6N5O2. The number of halogens is 6. The summed E-state index contributed by atoms with van der Waals surface area (Å²) in [5, 5.41) is 2.62. The van der Waals surface area contributed by atoms with Gasteiger partial charge in [-0.2, -0.15) is 13.2 Å². The van der Waals surface area contributed by atoms with Gasteiger partial charge in [0.2, 0.25) is 5.91 Å². The van der Waals surface area contributed by atoms with Crippen molar-refractivity contribution in [1.29, 1.82) is 0 Å². The summed E-state index contributed by atoms with van der Waals surface area (Å²) < 4.78 is 85.7. The molecule has 0 aliphatic carbocycles. The van der Waals surface area contributed by atoms with E-state index in [9.17, 15) is 35.9 Å². The average Bonchev–Trinajstić information content (AvgIpc) is 3.37. The third kappa shape index (κ3) is 7.03. The highest BCUT2D eigenvalue weighted by atomic mass is 19.4. The monoisotopic (exact) mass is 639 g/mol. The van der Waals surface area contributed by atoms with Crippen molar-refractivity contribution in [1.82, 2.24) is 19.9 Å². The third-order valence-corrected chi connectivity index (χ3v) is 7.64. The molecule has 0 spiro atoms. The van der Waals surface area contributed by atoms with Crippen LogP contribution in [0.3, 0.4) is 0 Å². The number of hydrogen-bond donors (Lipinski definition) is 2. The fraction of sp³-hybridized carbons (Fsp3) is 0.212. The summed E-state index contributed by atoms with van der Waals surface area (Å²) in [6, 6.07) is 9.54. The number of nitrogens with two attached hydrogens (primary N) is 1. The Bertz CT molecular complexity index is 1940. The van der Waals surface area contributed by atoms with Crippen LogP contribution in [0.25, 0.3) is 22.2 Å². The van der Waals surface area contributed by atoms with Crippen molar-refractivity contribution in [2.45, 2.75) is 44.9 Å². The van der Waals surface area contributed by atoms with Gasteiger partial charge in [0.25, 0.3) is 5.91 Å². The molecule has 0 saturated heterocycles. The minimum atomic E-state index is -4.77. The summed E-state index contributed by atoms with van der Waals surface area (Å²) in [7, 11) is 0. The predicted octanol–water partition coefficient (Wildman–Crippen LogP) is 6.83. The second-order valence-electron chi connectivity index (χ2n) is 11.0. The zero-order valence-corrected chi connectivity index (χ0v) is 24.5. The van der Waals surface area contributed by atoms with Crippen molar-refractivity contribution in [2.24, 2.45) is 5.73 Å². The van der Waals surface area contributed by atoms with Gasteiger partial charge in [0.15, 0.2) is 0 Å². The van der Waals surface area contributed by atoms with Crippen LogP contribution in [0.15, 0.2) is 73.2 Å². The van der Waals surface area contributed by atoms with E-state index >= 15 is 0 Å². The number of alkyl halides is 3. The van der Waals surface area contributed by atoms with Gasteiger partial charge in [-0.05, 0) is 85.0 Å². The maximum absolute atomic E-state index is 14.3. The molecule has 2 aromatic heterocycles. The molecule has 3 N–H and O–H groups in total. The first-order valence-corrected chi connectivity index (χ1v) is 14.0. The minimum Gasteiger partial charge on any atom is -0.366 e. The second kappa shape index (κ2) is 12.7. The van der Waals surface area contributed by atoms with Crippen molar-refractivity contribution < 1.29 is 35.9 Å². The molecule has 2 amide bonds. The van der Waals surface area contributed by atoms with E-state index in [1.54, 1.807) is 19.1 Å². The molecule has 13 heteroatoms. The molecule has 0 aliphatic heterocycles. The number of hydrogen-bond acceptors (Lipinski definition) is 4. The molecule has 238 valence electrons. The smallest absolute Gasteiger partial charge is 0.366 e. The maximum Gasteiger partial charge on any atom is 0.391 e. The molecule has 0 aliphatic rings. The largest absolute Gasteiger partial charge is 0.391 e. The van der Waals surface area contributed by atoms with E-state index in [-0.39, 0.29) is 28.8 Å². The van der Waals surface area contributed by atoms with Crippen LogP contribution in [0.5, 0.6) is 0 Å². The van der Waals surface area contributed by atoms with E-state index in [0.29, 0.717) is 17.1 Å². The van der Waals surface area contributed by atoms with Crippen LogP contribution in [0.4, 0.5) is 26.3 Å². The molecule has 2 atom stereocenters. The molecule has 0 bridgehead atoms. The van der Waals surface area contributed by atoms with Crippen molar-refractivity contribution in [3.8, 4) is 11.1 Å². The number of nitrogens with zero attached hydrogens (tertiary/aromatic N) is 3. The van der Waals surface area contributed by atoms with Crippen LogP contribution in [-0.4, -0.2) is 32.5 Å². The first-order chi connectivity index (χ1) is 21.7. The predicted molar refractivity (Wildman–Crippen MR) is 158 cm³/mol. The van der Waals surface area contributed by atoms with Crippen molar-refractivity contribution in [3.05, 3.63) is 119 Å². The highest BCUT2D eigenvalue weighted by molar-refractivity contribution is 5.94. The lowest BCUT2D eigenvalue weighted by Crippen LogP contribution is -2.38. The summed E-state index contributed by atoms with van der Waals surface area (Å²) >= 11 is 0. The number of benzene rings is 3. The number of primary amides is 1. The van der Waals surface area contributed by atoms with Gasteiger partial charge in [0, 0.05) is 17.8 Å². The Hall–Kier alpha value is -5.20. The standard InChI is InChI=1S/C33H27F6N5O2/c1-17-8-26-28(9-18(17)2)44(16-42-26)29(15-33(37,38)39)32(46)43-27(12-19-10-21(34)14-22(35)11-19)30-23(4-3-7-41-30)20-5-6-25(36)24(13-20)31(40)45/h3-11,13-14,16,27,29H,12,15H2,1-2H3,(H2,40,45)(H,43,46)/t27-,29-/m0/s1. The lowest BCUT2D eigenvalue weighted by atomic mass is 9.94. The molecule has 5 rings (SSSR count). The van der Waals surface area contributed by atoms with Crippen LogP contribution in [0.2, 0.25) is 0 Å². The number of aryl methyl sites for hydroxylation is 2. The van der Waals surface area contributed by atoms with E-state index < -0.39 is 59.5 Å². The number of nitrogens with one attached hydrogen (secondary N) is 1. The Morgan fingerprint density at radius 1 is 0.935 bits per heavy atom. The summed E-state index contributed by atoms with van der Waals surface area (Å²) in [6.07, 6.45) is -4.10. The Kier molecular flexibility index (Phi) is 8.86. The number of imidazole rings is 1. The topological polar surface area (TPSA) is 103 Å². The van der Waals surface area contributed by atoms with E-state index in [2.05, 4.69) is 15.3 Å². The maximum atomic E-state index is 14.3. The van der Waals surface area contributed by atoms with Gasteiger partial charge in [0.05, 0.1) is 41.1 Å². The summed E-state index contributed by atoms with van der Waals surface area (Å²) in [4.78, 5) is 34.3. The molecule has 5 aromatic rings. The molecule has 46 heavy (non-hydrogen) atoms. The molecule has 0 fully saturated rings. The van der Waals surface area contributed by atoms with Crippen LogP contribution in [-0.2, 0) is 11.2 Å². The molecule has 0 saturated carbocycles. The normalized spacial score (nSPS) is 13.0. The van der Waals surface area contributed by atoms with E-state index in [0.717, 1.165) is 40.2 Å². The lowest BCUT2D eigenvalue weighted by molar-refractivity contribution is -0.152. The molecule has 3 aromatic carbocycles. The second-order valence-corrected chi connectivity index (χ2v) is 11.0. The Morgan fingerprint density at radius 3 is 2.30 bits per heavy atom. The van der Waals surface area contributed by atoms with E-state index in [4.69, 9.17) is 5.73 Å². The zero-order chi connectivity index (χ0) is 33.3. The Balaban J connectivity index is 1.62. The zero-order valence-electron chi connectivity index (χ0n) is 24.5. The number of aromatic nitrogens is 3. The molecule has 0 unspecified atom stereocenters. The van der Waals surface area contributed by atoms with Crippen molar-refractivity contribution in [3.63, 3.8) is 0 Å². The molecular weight excluding hydrogens is 612 g/mol. The molecule has 0 radical (unpaired) electrons. The Morgan fingerprint density at radius 2 is 1.63 bits per heavy atom. The number of fused-ring (bicyclic) bond motifs is 1. The summed E-state index contributed by atoms with van der Waals surface area (Å²) in [5.74, 6) is -4.80. The first-order valence-electron chi connectivity index (χ1n) is 14.0. The molecule has 2 heterocycles. The summed E-state index contributed by atoms with van der Waals surface area (Å²) in [6.45, 7) is 3.60. The van der Waals surface area contributed by atoms with Crippen LogP contribution < -0.4 is 11.1 Å². The van der Waals surface area contributed by atoms with Gasteiger partial charge in [-0.1, -0.05) is 12.1 Å². The summed E-state index contributed by atoms with van der Waals surface area (Å²) in [5.41, 5.74) is 7.89. The number of carbonyl (C=O) groups excluding carboxylic acids is 2. The fourth-order valence-electron chi connectivity index (χ4n) is 5.34. The van der Waals surface area contributed by atoms with Crippen LogP contribution >= 0.6 is 0 Å². The van der Waals surface area contributed by atoms with Gasteiger partial charge in [-0.25, -0.2) is 18.2 Å². The van der Waals surface area contributed by atoms with Gasteiger partial charge in [0.1, 0.15) is 23.5 Å². The van der Waals surface area contributed by atoms with Gasteiger partial charge in [-0.15, -0.1) is 0 Å². The highest BCUT2D eigenvalue weighted by Gasteiger charge is 2.38. The Labute approximate surface area is 259 Å². The quantitative estimate of drug-likeness (QED) is 0.173. The van der Waals surface area contributed by atoms with E-state index in [1.807, 2.05) is 6.92 Å². The SMILES string of the molecule is Cc1cc2ncn([C@@H](CC(F)(F)F)C(=O)N[C@@H](Cc3cc(F)cc(F)c3)c3ncccc3-c3ccc(F)c(C(N)=O)c3)c2cc1C. The van der Waals surface area contributed by atoms with E-state index in [1.165, 1.54) is 30.5 Å². The third-order valence-electron chi connectivity index (χ3n) is 7.64. The van der Waals surface area contributed by atoms with Crippen molar-refractivity contribution in [2.75, 3.05) is 0 Å². The first kappa shape index (κ1) is 32.2. The molecule has 7 nitrogen and oxygen atoms in total. The minimum absolute atomic E-state index is 0.0721. The van der Waals surface area contributed by atoms with Gasteiger partial charge < -0.3 is 15.6 Å². The van der Waals surface area contributed by atoms with Gasteiger partial charge in [-0.3, -0.25) is 14.6 Å². The van der Waals surface area contributed by atoms with Gasteiger partial charge >= 0.3 is 6.18 Å². The lowest BCUT2D eigenvalue weighted by Gasteiger charge is -2.26. The number of carbonyl (C=O) groups is 2. The number of pyridine rings is 1. The number of amides is 2. The highest BCUT2D eigenvalue weighted by Crippen LogP contribution is 2.34.